The Morgan fingerprint density at radius 3 is 3.00 bits per heavy atom. The van der Waals surface area contributed by atoms with Gasteiger partial charge < -0.3 is 10.5 Å². The highest BCUT2D eigenvalue weighted by atomic mass is 79.9. The van der Waals surface area contributed by atoms with Crippen LogP contribution >= 0.6 is 15.9 Å². The van der Waals surface area contributed by atoms with Crippen molar-refractivity contribution in [3.05, 3.63) is 51.1 Å². The first-order valence-corrected chi connectivity index (χ1v) is 7.07. The highest BCUT2D eigenvalue weighted by Crippen LogP contribution is 2.14. The zero-order chi connectivity index (χ0) is 14.5. The molecule has 0 spiro atoms. The van der Waals surface area contributed by atoms with Gasteiger partial charge in [-0.15, -0.1) is 0 Å². The Kier molecular flexibility index (Phi) is 4.79. The molecule has 5 nitrogen and oxygen atoms in total. The molecule has 20 heavy (non-hydrogen) atoms. The monoisotopic (exact) mass is 337 g/mol. The minimum Gasteiger partial charge on any atom is -0.493 e. The number of nitrogen functional groups attached to an aromatic ring is 1. The molecule has 0 aliphatic rings. The van der Waals surface area contributed by atoms with Crippen molar-refractivity contribution >= 4 is 21.6 Å². The standard InChI is InChI=1S/C14H16BrN3O2/c1-10-17-9-13(15)14(19)18(10)6-3-7-20-12-5-2-4-11(16)8-12/h2,4-5,8-9H,3,6-7,16H2,1H3. The second-order valence-corrected chi connectivity index (χ2v) is 5.24. The van der Waals surface area contributed by atoms with Gasteiger partial charge in [0.25, 0.3) is 5.56 Å². The van der Waals surface area contributed by atoms with Gasteiger partial charge in [-0.25, -0.2) is 4.98 Å². The Balaban J connectivity index is 1.91. The number of benzene rings is 1. The summed E-state index contributed by atoms with van der Waals surface area (Å²) in [4.78, 5) is 16.1. The van der Waals surface area contributed by atoms with Crippen molar-refractivity contribution in [1.29, 1.82) is 0 Å². The van der Waals surface area contributed by atoms with Crippen LogP contribution in [0.3, 0.4) is 0 Å². The lowest BCUT2D eigenvalue weighted by Gasteiger charge is -2.10. The fourth-order valence-corrected chi connectivity index (χ4v) is 2.15. The first kappa shape index (κ1) is 14.6. The molecule has 0 unspecified atom stereocenters. The van der Waals surface area contributed by atoms with Gasteiger partial charge in [-0.05, 0) is 41.4 Å². The van der Waals surface area contributed by atoms with Crippen molar-refractivity contribution in [2.45, 2.75) is 19.9 Å². The number of aromatic nitrogens is 2. The van der Waals surface area contributed by atoms with E-state index in [1.54, 1.807) is 10.6 Å². The van der Waals surface area contributed by atoms with Crippen LogP contribution in [0.4, 0.5) is 5.69 Å². The number of halogens is 1. The van der Waals surface area contributed by atoms with E-state index in [1.165, 1.54) is 6.20 Å². The Morgan fingerprint density at radius 2 is 2.25 bits per heavy atom. The maximum Gasteiger partial charge on any atom is 0.267 e. The van der Waals surface area contributed by atoms with E-state index in [2.05, 4.69) is 20.9 Å². The SMILES string of the molecule is Cc1ncc(Br)c(=O)n1CCCOc1cccc(N)c1. The Hall–Kier alpha value is -1.82. The molecule has 0 aliphatic carbocycles. The summed E-state index contributed by atoms with van der Waals surface area (Å²) < 4.78 is 7.69. The van der Waals surface area contributed by atoms with Gasteiger partial charge in [-0.3, -0.25) is 9.36 Å². The van der Waals surface area contributed by atoms with Gasteiger partial charge in [-0.1, -0.05) is 6.07 Å². The number of nitrogens with zero attached hydrogens (tertiary/aromatic N) is 2. The third-order valence-electron chi connectivity index (χ3n) is 2.86. The topological polar surface area (TPSA) is 70.1 Å². The number of rotatable bonds is 5. The van der Waals surface area contributed by atoms with Crippen molar-refractivity contribution in [2.75, 3.05) is 12.3 Å². The van der Waals surface area contributed by atoms with Crippen LogP contribution in [-0.4, -0.2) is 16.2 Å². The molecule has 0 radical (unpaired) electrons. The maximum absolute atomic E-state index is 11.9. The van der Waals surface area contributed by atoms with Gasteiger partial charge in [0, 0.05) is 24.5 Å². The first-order valence-electron chi connectivity index (χ1n) is 6.28. The molecule has 0 aliphatic heterocycles. The summed E-state index contributed by atoms with van der Waals surface area (Å²) in [6.45, 7) is 2.90. The molecule has 0 saturated heterocycles. The third kappa shape index (κ3) is 3.60. The number of nitrogens with two attached hydrogens (primary N) is 1. The summed E-state index contributed by atoms with van der Waals surface area (Å²) in [5.74, 6) is 1.43. The maximum atomic E-state index is 11.9. The minimum absolute atomic E-state index is 0.0681. The van der Waals surface area contributed by atoms with Gasteiger partial charge in [-0.2, -0.15) is 0 Å². The number of ether oxygens (including phenoxy) is 1. The zero-order valence-electron chi connectivity index (χ0n) is 11.2. The summed E-state index contributed by atoms with van der Waals surface area (Å²) in [5.41, 5.74) is 6.28. The van der Waals surface area contributed by atoms with E-state index in [4.69, 9.17) is 10.5 Å². The summed E-state index contributed by atoms with van der Waals surface area (Å²) in [7, 11) is 0. The smallest absolute Gasteiger partial charge is 0.267 e. The van der Waals surface area contributed by atoms with Crippen LogP contribution in [0, 0.1) is 6.92 Å². The normalized spacial score (nSPS) is 10.5. The molecule has 1 aromatic heterocycles. The molecule has 2 aromatic rings. The van der Waals surface area contributed by atoms with Crippen molar-refractivity contribution in [1.82, 2.24) is 9.55 Å². The molecule has 0 saturated carbocycles. The summed E-state index contributed by atoms with van der Waals surface area (Å²) in [6.07, 6.45) is 2.24. The van der Waals surface area contributed by atoms with Crippen LogP contribution in [0.1, 0.15) is 12.2 Å². The molecule has 0 fully saturated rings. The van der Waals surface area contributed by atoms with Crippen LogP contribution < -0.4 is 16.0 Å². The summed E-state index contributed by atoms with van der Waals surface area (Å²) in [5, 5.41) is 0. The predicted molar refractivity (Wildman–Crippen MR) is 81.9 cm³/mol. The number of hydrogen-bond acceptors (Lipinski definition) is 4. The molecule has 0 amide bonds. The van der Waals surface area contributed by atoms with Crippen LogP contribution in [-0.2, 0) is 6.54 Å². The number of aryl methyl sites for hydroxylation is 1. The Labute approximate surface area is 125 Å². The predicted octanol–water partition coefficient (Wildman–Crippen LogP) is 2.37. The average Bonchev–Trinajstić information content (AvgIpc) is 2.42. The Morgan fingerprint density at radius 1 is 1.45 bits per heavy atom. The van der Waals surface area contributed by atoms with E-state index in [1.807, 2.05) is 25.1 Å². The Bertz CT molecular complexity index is 655. The molecule has 0 bridgehead atoms. The lowest BCUT2D eigenvalue weighted by Crippen LogP contribution is -2.24. The average molecular weight is 338 g/mol. The van der Waals surface area contributed by atoms with Gasteiger partial charge >= 0.3 is 0 Å². The molecular formula is C14H16BrN3O2. The molecule has 6 heteroatoms. The molecule has 106 valence electrons. The molecular weight excluding hydrogens is 322 g/mol. The fraction of sp³-hybridized carbons (Fsp3) is 0.286. The molecule has 1 aromatic carbocycles. The van der Waals surface area contributed by atoms with Crippen LogP contribution in [0.5, 0.6) is 5.75 Å². The number of hydrogen-bond donors (Lipinski definition) is 1. The van der Waals surface area contributed by atoms with E-state index >= 15 is 0 Å². The zero-order valence-corrected chi connectivity index (χ0v) is 12.8. The van der Waals surface area contributed by atoms with E-state index in [0.29, 0.717) is 35.6 Å². The van der Waals surface area contributed by atoms with Crippen molar-refractivity contribution in [3.63, 3.8) is 0 Å². The van der Waals surface area contributed by atoms with Crippen LogP contribution in [0.2, 0.25) is 0 Å². The second-order valence-electron chi connectivity index (χ2n) is 4.38. The quantitative estimate of drug-likeness (QED) is 0.671. The number of anilines is 1. The van der Waals surface area contributed by atoms with E-state index < -0.39 is 0 Å². The highest BCUT2D eigenvalue weighted by molar-refractivity contribution is 9.10. The minimum atomic E-state index is -0.0681. The largest absolute Gasteiger partial charge is 0.493 e. The second kappa shape index (κ2) is 6.56. The lowest BCUT2D eigenvalue weighted by atomic mass is 10.3. The van der Waals surface area contributed by atoms with E-state index in [9.17, 15) is 4.79 Å². The van der Waals surface area contributed by atoms with E-state index in [-0.39, 0.29) is 5.56 Å². The lowest BCUT2D eigenvalue weighted by molar-refractivity contribution is 0.300. The third-order valence-corrected chi connectivity index (χ3v) is 3.40. The van der Waals surface area contributed by atoms with Crippen molar-refractivity contribution in [2.24, 2.45) is 0 Å². The molecule has 1 heterocycles. The fourth-order valence-electron chi connectivity index (χ4n) is 1.83. The van der Waals surface area contributed by atoms with Gasteiger partial charge in [0.05, 0.1) is 6.61 Å². The van der Waals surface area contributed by atoms with Crippen molar-refractivity contribution < 1.29 is 4.74 Å². The van der Waals surface area contributed by atoms with Gasteiger partial charge in [0.1, 0.15) is 16.0 Å². The summed E-state index contributed by atoms with van der Waals surface area (Å²) in [6, 6.07) is 7.28. The molecule has 2 rings (SSSR count). The molecule has 2 N–H and O–H groups in total. The molecule has 0 atom stereocenters. The van der Waals surface area contributed by atoms with Gasteiger partial charge in [0.15, 0.2) is 0 Å². The van der Waals surface area contributed by atoms with E-state index in [0.717, 1.165) is 5.75 Å². The van der Waals surface area contributed by atoms with Gasteiger partial charge in [0.2, 0.25) is 0 Å². The summed E-state index contributed by atoms with van der Waals surface area (Å²) >= 11 is 3.19. The first-order chi connectivity index (χ1) is 9.58. The van der Waals surface area contributed by atoms with Crippen LogP contribution in [0.15, 0.2) is 39.7 Å². The van der Waals surface area contributed by atoms with Crippen molar-refractivity contribution in [3.8, 4) is 5.75 Å². The highest BCUT2D eigenvalue weighted by Gasteiger charge is 2.05. The van der Waals surface area contributed by atoms with Crippen LogP contribution in [0.25, 0.3) is 0 Å².